The molecule has 0 radical (unpaired) electrons. The number of hydrogen-bond donors (Lipinski definition) is 3. The second kappa shape index (κ2) is 9.38. The van der Waals surface area contributed by atoms with Gasteiger partial charge in [0.2, 0.25) is 11.8 Å². The van der Waals surface area contributed by atoms with Crippen LogP contribution >= 0.6 is 0 Å². The Morgan fingerprint density at radius 2 is 2.06 bits per heavy atom. The fourth-order valence-electron chi connectivity index (χ4n) is 4.43. The SMILES string of the molecule is CCOCC(=O)N(CC1CC1)C1C=C(C(=O)NCCO)C2c3ccccc3OC2C1O. The lowest BCUT2D eigenvalue weighted by Gasteiger charge is -2.40. The number of nitrogens with one attached hydrogen (secondary N) is 1. The second-order valence-corrected chi connectivity index (χ2v) is 8.31. The smallest absolute Gasteiger partial charge is 0.249 e. The molecule has 4 atom stereocenters. The van der Waals surface area contributed by atoms with Crippen LogP contribution in [-0.4, -0.2) is 78.1 Å². The molecule has 0 bridgehead atoms. The zero-order chi connectivity index (χ0) is 22.0. The highest BCUT2D eigenvalue weighted by Gasteiger charge is 2.50. The van der Waals surface area contributed by atoms with Gasteiger partial charge < -0.3 is 29.9 Å². The summed E-state index contributed by atoms with van der Waals surface area (Å²) in [7, 11) is 0. The third kappa shape index (κ3) is 4.46. The standard InChI is InChI=1S/C23H30N2O6/c1-2-30-13-19(27)25(12-14-7-8-14)17-11-16(23(29)24-9-10-26)20-15-5-3-4-6-18(15)31-22(20)21(17)28/h3-6,11,14,17,20-22,26,28H,2,7-10,12-13H2,1H3,(H,24,29). The molecule has 0 saturated heterocycles. The van der Waals surface area contributed by atoms with E-state index in [9.17, 15) is 14.7 Å². The number of aliphatic hydroxyl groups is 2. The molecule has 8 nitrogen and oxygen atoms in total. The summed E-state index contributed by atoms with van der Waals surface area (Å²) in [5, 5.41) is 23.1. The van der Waals surface area contributed by atoms with Crippen molar-refractivity contribution in [2.45, 2.75) is 43.9 Å². The number of benzene rings is 1. The molecule has 4 unspecified atom stereocenters. The number of rotatable bonds is 9. The molecule has 1 saturated carbocycles. The summed E-state index contributed by atoms with van der Waals surface area (Å²) in [5.41, 5.74) is 1.29. The summed E-state index contributed by atoms with van der Waals surface area (Å²) < 4.78 is 11.4. The number of nitrogens with zero attached hydrogens (tertiary/aromatic N) is 1. The monoisotopic (exact) mass is 430 g/mol. The van der Waals surface area contributed by atoms with Gasteiger partial charge in [-0.05, 0) is 37.8 Å². The quantitative estimate of drug-likeness (QED) is 0.529. The molecule has 3 N–H and O–H groups in total. The lowest BCUT2D eigenvalue weighted by atomic mass is 9.77. The Hall–Kier alpha value is -2.42. The van der Waals surface area contributed by atoms with Crippen LogP contribution in [0.15, 0.2) is 35.9 Å². The molecule has 8 heteroatoms. The van der Waals surface area contributed by atoms with Gasteiger partial charge in [0.15, 0.2) is 0 Å². The minimum Gasteiger partial charge on any atom is -0.486 e. The predicted octanol–water partition coefficient (Wildman–Crippen LogP) is 0.584. The largest absolute Gasteiger partial charge is 0.486 e. The van der Waals surface area contributed by atoms with Crippen LogP contribution in [0.2, 0.25) is 0 Å². The maximum absolute atomic E-state index is 13.0. The zero-order valence-electron chi connectivity index (χ0n) is 17.7. The Morgan fingerprint density at radius 1 is 1.29 bits per heavy atom. The minimum absolute atomic E-state index is 0.0680. The second-order valence-electron chi connectivity index (χ2n) is 8.31. The van der Waals surface area contributed by atoms with Crippen molar-refractivity contribution >= 4 is 11.8 Å². The van der Waals surface area contributed by atoms with Crippen molar-refractivity contribution in [3.05, 3.63) is 41.5 Å². The van der Waals surface area contributed by atoms with Crippen molar-refractivity contribution in [1.82, 2.24) is 10.2 Å². The molecular formula is C23H30N2O6. The highest BCUT2D eigenvalue weighted by atomic mass is 16.5. The topological polar surface area (TPSA) is 108 Å². The Bertz CT molecular complexity index is 852. The molecule has 0 spiro atoms. The van der Waals surface area contributed by atoms with Gasteiger partial charge in [-0.2, -0.15) is 0 Å². The molecule has 168 valence electrons. The van der Waals surface area contributed by atoms with Crippen molar-refractivity contribution in [2.75, 3.05) is 32.9 Å². The van der Waals surface area contributed by atoms with E-state index >= 15 is 0 Å². The first-order valence-corrected chi connectivity index (χ1v) is 11.0. The van der Waals surface area contributed by atoms with Gasteiger partial charge in [0, 0.05) is 30.8 Å². The van der Waals surface area contributed by atoms with E-state index in [2.05, 4.69) is 5.32 Å². The van der Waals surface area contributed by atoms with E-state index in [1.807, 2.05) is 31.2 Å². The van der Waals surface area contributed by atoms with E-state index in [-0.39, 0.29) is 31.6 Å². The average Bonchev–Trinajstić information content (AvgIpc) is 3.52. The first-order valence-electron chi connectivity index (χ1n) is 11.0. The van der Waals surface area contributed by atoms with Gasteiger partial charge in [0.25, 0.3) is 0 Å². The predicted molar refractivity (Wildman–Crippen MR) is 113 cm³/mol. The van der Waals surface area contributed by atoms with E-state index in [0.717, 1.165) is 18.4 Å². The lowest BCUT2D eigenvalue weighted by Crippen LogP contribution is -2.56. The van der Waals surface area contributed by atoms with Gasteiger partial charge in [-0.3, -0.25) is 9.59 Å². The van der Waals surface area contributed by atoms with E-state index in [4.69, 9.17) is 14.6 Å². The zero-order valence-corrected chi connectivity index (χ0v) is 17.7. The molecule has 1 aromatic carbocycles. The molecule has 1 heterocycles. The van der Waals surface area contributed by atoms with Crippen LogP contribution in [0.1, 0.15) is 31.2 Å². The van der Waals surface area contributed by atoms with Gasteiger partial charge >= 0.3 is 0 Å². The first kappa shape index (κ1) is 21.8. The van der Waals surface area contributed by atoms with Gasteiger partial charge in [-0.15, -0.1) is 0 Å². The number of hydrogen-bond acceptors (Lipinski definition) is 6. The summed E-state index contributed by atoms with van der Waals surface area (Å²) in [4.78, 5) is 27.6. The number of para-hydroxylation sites is 1. The number of amides is 2. The van der Waals surface area contributed by atoms with Crippen LogP contribution in [0.4, 0.5) is 0 Å². The Labute approximate surface area is 181 Å². The normalized spacial score (nSPS) is 26.4. The molecular weight excluding hydrogens is 400 g/mol. The third-order valence-electron chi connectivity index (χ3n) is 6.14. The summed E-state index contributed by atoms with van der Waals surface area (Å²) >= 11 is 0. The van der Waals surface area contributed by atoms with Crippen LogP contribution in [0, 0.1) is 5.92 Å². The Morgan fingerprint density at radius 3 is 2.77 bits per heavy atom. The lowest BCUT2D eigenvalue weighted by molar-refractivity contribution is -0.142. The molecule has 2 aliphatic carbocycles. The fourth-order valence-corrected chi connectivity index (χ4v) is 4.43. The summed E-state index contributed by atoms with van der Waals surface area (Å²) in [5.74, 6) is 0.0543. The van der Waals surface area contributed by atoms with Crippen molar-refractivity contribution in [3.63, 3.8) is 0 Å². The molecule has 1 fully saturated rings. The van der Waals surface area contributed by atoms with E-state index in [1.54, 1.807) is 11.0 Å². The summed E-state index contributed by atoms with van der Waals surface area (Å²) in [6, 6.07) is 6.74. The van der Waals surface area contributed by atoms with Gasteiger partial charge in [-0.25, -0.2) is 0 Å². The van der Waals surface area contributed by atoms with Crippen LogP contribution in [-0.2, 0) is 14.3 Å². The molecule has 4 rings (SSSR count). The van der Waals surface area contributed by atoms with Crippen LogP contribution in [0.5, 0.6) is 5.75 Å². The minimum atomic E-state index is -0.990. The Balaban J connectivity index is 1.69. The van der Waals surface area contributed by atoms with Crippen molar-refractivity contribution in [3.8, 4) is 5.75 Å². The molecule has 1 aliphatic heterocycles. The first-order chi connectivity index (χ1) is 15.0. The van der Waals surface area contributed by atoms with Crippen molar-refractivity contribution in [1.29, 1.82) is 0 Å². The number of ether oxygens (including phenoxy) is 2. The van der Waals surface area contributed by atoms with Gasteiger partial charge in [-0.1, -0.05) is 18.2 Å². The van der Waals surface area contributed by atoms with E-state index in [1.165, 1.54) is 0 Å². The molecule has 3 aliphatic rings. The fraction of sp³-hybridized carbons (Fsp3) is 0.565. The van der Waals surface area contributed by atoms with Gasteiger partial charge in [0.1, 0.15) is 24.6 Å². The van der Waals surface area contributed by atoms with Crippen molar-refractivity contribution in [2.24, 2.45) is 5.92 Å². The molecule has 1 aromatic rings. The summed E-state index contributed by atoms with van der Waals surface area (Å²) in [6.45, 7) is 2.64. The van der Waals surface area contributed by atoms with Crippen LogP contribution < -0.4 is 10.1 Å². The number of carbonyl (C=O) groups is 2. The third-order valence-corrected chi connectivity index (χ3v) is 6.14. The Kier molecular flexibility index (Phi) is 6.60. The number of carbonyl (C=O) groups excluding carboxylic acids is 2. The van der Waals surface area contributed by atoms with Crippen LogP contribution in [0.25, 0.3) is 0 Å². The van der Waals surface area contributed by atoms with Gasteiger partial charge in [0.05, 0.1) is 18.6 Å². The maximum Gasteiger partial charge on any atom is 0.249 e. The maximum atomic E-state index is 13.0. The number of aliphatic hydroxyl groups excluding tert-OH is 2. The number of fused-ring (bicyclic) bond motifs is 3. The highest BCUT2D eigenvalue weighted by molar-refractivity contribution is 5.96. The average molecular weight is 431 g/mol. The van der Waals surface area contributed by atoms with E-state index in [0.29, 0.717) is 30.4 Å². The van der Waals surface area contributed by atoms with Crippen LogP contribution in [0.3, 0.4) is 0 Å². The highest BCUT2D eigenvalue weighted by Crippen LogP contribution is 2.47. The van der Waals surface area contributed by atoms with Crippen molar-refractivity contribution < 1.29 is 29.3 Å². The molecule has 0 aromatic heterocycles. The molecule has 2 amide bonds. The van der Waals surface area contributed by atoms with E-state index < -0.39 is 24.2 Å². The summed E-state index contributed by atoms with van der Waals surface area (Å²) in [6.07, 6.45) is 2.13. The molecule has 31 heavy (non-hydrogen) atoms.